The summed E-state index contributed by atoms with van der Waals surface area (Å²) in [4.78, 5) is 4.06. The number of hydrogen-bond acceptors (Lipinski definition) is 3. The molecule has 0 aliphatic rings. The van der Waals surface area contributed by atoms with Crippen molar-refractivity contribution in [3.05, 3.63) is 54.4 Å². The lowest BCUT2D eigenvalue weighted by atomic mass is 10.2. The third kappa shape index (κ3) is 3.79. The summed E-state index contributed by atoms with van der Waals surface area (Å²) < 4.78 is 5.53. The number of nitrogens with zero attached hydrogens (tertiary/aromatic N) is 1. The largest absolute Gasteiger partial charge is 0.508 e. The molecule has 1 heterocycles. The van der Waals surface area contributed by atoms with Gasteiger partial charge < -0.3 is 9.84 Å². The zero-order valence-corrected chi connectivity index (χ0v) is 9.54. The van der Waals surface area contributed by atoms with Gasteiger partial charge in [0.05, 0.1) is 6.61 Å². The number of pyridine rings is 1. The third-order valence-electron chi connectivity index (χ3n) is 2.42. The molecule has 0 aliphatic carbocycles. The van der Waals surface area contributed by atoms with Crippen LogP contribution in [0.2, 0.25) is 0 Å². The molecule has 0 spiro atoms. The number of benzene rings is 1. The Bertz CT molecular complexity index is 457. The van der Waals surface area contributed by atoms with E-state index in [0.29, 0.717) is 12.4 Å². The highest BCUT2D eigenvalue weighted by Crippen LogP contribution is 2.17. The van der Waals surface area contributed by atoms with Crippen LogP contribution in [0, 0.1) is 0 Å². The zero-order valence-electron chi connectivity index (χ0n) is 9.54. The van der Waals surface area contributed by atoms with Crippen LogP contribution >= 0.6 is 0 Å². The van der Waals surface area contributed by atoms with E-state index in [1.807, 2.05) is 18.3 Å². The van der Waals surface area contributed by atoms with Crippen molar-refractivity contribution >= 4 is 0 Å². The second kappa shape index (κ2) is 5.89. The van der Waals surface area contributed by atoms with Crippen molar-refractivity contribution in [1.29, 1.82) is 0 Å². The lowest BCUT2D eigenvalue weighted by Gasteiger charge is -2.06. The minimum atomic E-state index is 0.231. The molecular formula is C14H15NO2. The zero-order chi connectivity index (χ0) is 11.9. The Hall–Kier alpha value is -2.03. The summed E-state index contributed by atoms with van der Waals surface area (Å²) >= 11 is 0. The van der Waals surface area contributed by atoms with Crippen LogP contribution in [0.4, 0.5) is 0 Å². The van der Waals surface area contributed by atoms with Gasteiger partial charge in [0, 0.05) is 18.5 Å². The maximum Gasteiger partial charge on any atom is 0.122 e. The molecule has 0 amide bonds. The number of aromatic hydroxyl groups is 1. The molecule has 0 bridgehead atoms. The Morgan fingerprint density at radius 1 is 1.18 bits per heavy atom. The molecule has 0 radical (unpaired) electrons. The summed E-state index contributed by atoms with van der Waals surface area (Å²) in [5.74, 6) is 0.936. The van der Waals surface area contributed by atoms with E-state index in [2.05, 4.69) is 11.1 Å². The van der Waals surface area contributed by atoms with Gasteiger partial charge in [-0.25, -0.2) is 0 Å². The van der Waals surface area contributed by atoms with Gasteiger partial charge in [0.1, 0.15) is 11.5 Å². The van der Waals surface area contributed by atoms with Crippen LogP contribution in [-0.2, 0) is 6.42 Å². The van der Waals surface area contributed by atoms with Crippen LogP contribution in [-0.4, -0.2) is 16.7 Å². The number of aromatic nitrogens is 1. The van der Waals surface area contributed by atoms with E-state index in [1.165, 1.54) is 5.56 Å². The molecule has 17 heavy (non-hydrogen) atoms. The van der Waals surface area contributed by atoms with Crippen LogP contribution in [0.5, 0.6) is 11.5 Å². The van der Waals surface area contributed by atoms with Gasteiger partial charge in [0.15, 0.2) is 0 Å². The van der Waals surface area contributed by atoms with Crippen molar-refractivity contribution in [1.82, 2.24) is 4.98 Å². The fourth-order valence-electron chi connectivity index (χ4n) is 1.59. The Labute approximate surface area is 101 Å². The van der Waals surface area contributed by atoms with Gasteiger partial charge in [-0.2, -0.15) is 0 Å². The average molecular weight is 229 g/mol. The lowest BCUT2D eigenvalue weighted by molar-refractivity contribution is 0.309. The van der Waals surface area contributed by atoms with E-state index in [4.69, 9.17) is 4.74 Å². The molecule has 1 aromatic heterocycles. The highest BCUT2D eigenvalue weighted by atomic mass is 16.5. The van der Waals surface area contributed by atoms with Crippen molar-refractivity contribution in [3.63, 3.8) is 0 Å². The lowest BCUT2D eigenvalue weighted by Crippen LogP contribution is -1.99. The van der Waals surface area contributed by atoms with Gasteiger partial charge >= 0.3 is 0 Å². The smallest absolute Gasteiger partial charge is 0.122 e. The number of phenols is 1. The monoisotopic (exact) mass is 229 g/mol. The maximum absolute atomic E-state index is 9.26. The van der Waals surface area contributed by atoms with Crippen molar-refractivity contribution in [2.75, 3.05) is 6.61 Å². The molecule has 0 saturated carbocycles. The summed E-state index contributed by atoms with van der Waals surface area (Å²) in [6.07, 6.45) is 5.52. The molecule has 1 N–H and O–H groups in total. The second-order valence-corrected chi connectivity index (χ2v) is 3.81. The summed E-state index contributed by atoms with van der Waals surface area (Å²) in [6.45, 7) is 0.637. The molecule has 3 heteroatoms. The van der Waals surface area contributed by atoms with Crippen LogP contribution in [0.25, 0.3) is 0 Å². The van der Waals surface area contributed by atoms with E-state index in [9.17, 15) is 5.11 Å². The Morgan fingerprint density at radius 2 is 2.12 bits per heavy atom. The summed E-state index contributed by atoms with van der Waals surface area (Å²) in [6, 6.07) is 10.8. The SMILES string of the molecule is Oc1cccc(OCCCc2cccnc2)c1. The normalized spacial score (nSPS) is 10.1. The first-order chi connectivity index (χ1) is 8.34. The summed E-state index contributed by atoms with van der Waals surface area (Å²) in [5.41, 5.74) is 1.21. The van der Waals surface area contributed by atoms with E-state index < -0.39 is 0 Å². The Morgan fingerprint density at radius 3 is 2.88 bits per heavy atom. The fourth-order valence-corrected chi connectivity index (χ4v) is 1.59. The molecule has 0 saturated heterocycles. The predicted molar refractivity (Wildman–Crippen MR) is 66.2 cm³/mol. The van der Waals surface area contributed by atoms with Crippen molar-refractivity contribution in [2.45, 2.75) is 12.8 Å². The molecular weight excluding hydrogens is 214 g/mol. The van der Waals surface area contributed by atoms with E-state index in [0.717, 1.165) is 12.8 Å². The number of hydrogen-bond donors (Lipinski definition) is 1. The van der Waals surface area contributed by atoms with Crippen molar-refractivity contribution in [3.8, 4) is 11.5 Å². The maximum atomic E-state index is 9.26. The molecule has 2 aromatic rings. The Balaban J connectivity index is 1.73. The van der Waals surface area contributed by atoms with Gasteiger partial charge in [-0.1, -0.05) is 12.1 Å². The van der Waals surface area contributed by atoms with Gasteiger partial charge in [-0.15, -0.1) is 0 Å². The average Bonchev–Trinajstić information content (AvgIpc) is 2.36. The molecule has 0 aliphatic heterocycles. The van der Waals surface area contributed by atoms with Gasteiger partial charge in [-0.05, 0) is 36.6 Å². The van der Waals surface area contributed by atoms with Gasteiger partial charge in [-0.3, -0.25) is 4.98 Å². The Kier molecular flexibility index (Phi) is 3.97. The quantitative estimate of drug-likeness (QED) is 0.802. The van der Waals surface area contributed by atoms with Crippen molar-refractivity contribution < 1.29 is 9.84 Å². The molecule has 2 rings (SSSR count). The van der Waals surface area contributed by atoms with Gasteiger partial charge in [0.25, 0.3) is 0 Å². The topological polar surface area (TPSA) is 42.4 Å². The highest BCUT2D eigenvalue weighted by Gasteiger charge is 1.96. The minimum Gasteiger partial charge on any atom is -0.508 e. The van der Waals surface area contributed by atoms with Gasteiger partial charge in [0.2, 0.25) is 0 Å². The fraction of sp³-hybridized carbons (Fsp3) is 0.214. The molecule has 1 aromatic carbocycles. The number of rotatable bonds is 5. The van der Waals surface area contributed by atoms with Crippen LogP contribution in [0.1, 0.15) is 12.0 Å². The standard InChI is InChI=1S/C14H15NO2/c16-13-6-1-7-14(10-13)17-9-3-5-12-4-2-8-15-11-12/h1-2,4,6-8,10-11,16H,3,5,9H2. The predicted octanol–water partition coefficient (Wildman–Crippen LogP) is 2.80. The van der Waals surface area contributed by atoms with E-state index >= 15 is 0 Å². The van der Waals surface area contributed by atoms with Crippen molar-refractivity contribution in [2.24, 2.45) is 0 Å². The minimum absolute atomic E-state index is 0.231. The first kappa shape index (κ1) is 11.5. The summed E-state index contributed by atoms with van der Waals surface area (Å²) in [7, 11) is 0. The molecule has 0 atom stereocenters. The number of aryl methyl sites for hydroxylation is 1. The molecule has 3 nitrogen and oxygen atoms in total. The van der Waals surface area contributed by atoms with E-state index in [1.54, 1.807) is 24.4 Å². The second-order valence-electron chi connectivity index (χ2n) is 3.81. The number of phenolic OH excluding ortho intramolecular Hbond substituents is 1. The third-order valence-corrected chi connectivity index (χ3v) is 2.42. The van der Waals surface area contributed by atoms with Crippen LogP contribution in [0.3, 0.4) is 0 Å². The molecule has 0 fully saturated rings. The molecule has 0 unspecified atom stereocenters. The van der Waals surface area contributed by atoms with E-state index in [-0.39, 0.29) is 5.75 Å². The first-order valence-electron chi connectivity index (χ1n) is 5.65. The van der Waals surface area contributed by atoms with Crippen LogP contribution < -0.4 is 4.74 Å². The number of ether oxygens (including phenoxy) is 1. The highest BCUT2D eigenvalue weighted by molar-refractivity contribution is 5.31. The van der Waals surface area contributed by atoms with Crippen LogP contribution in [0.15, 0.2) is 48.8 Å². The summed E-state index contributed by atoms with van der Waals surface area (Å²) in [5, 5.41) is 9.26. The first-order valence-corrected chi connectivity index (χ1v) is 5.65. The molecule has 88 valence electrons.